The van der Waals surface area contributed by atoms with Gasteiger partial charge in [-0.1, -0.05) is 48.0 Å². The molecule has 0 aliphatic heterocycles. The number of benzene rings is 3. The highest BCUT2D eigenvalue weighted by Crippen LogP contribution is 2.29. The van der Waals surface area contributed by atoms with Crippen LogP contribution in [0.15, 0.2) is 73.1 Å². The standard InChI is InChI=1S/C27H29N2O.ClH/c1-19-15-20(2)25(21(3)16-19)17-28-18-29(23(5)22(28)4)26-13-9-10-14-27(26)30-24-11-7-6-8-12-24;/h6-16,18H,17H2,1-5H3;1H/q+1;/p-1. The molecule has 0 unspecified atom stereocenters. The molecule has 0 amide bonds. The first-order valence-electron chi connectivity index (χ1n) is 10.4. The summed E-state index contributed by atoms with van der Waals surface area (Å²) >= 11 is 0. The Morgan fingerprint density at radius 1 is 0.806 bits per heavy atom. The maximum absolute atomic E-state index is 6.21. The molecule has 0 aliphatic carbocycles. The molecule has 0 aliphatic rings. The number of hydrogen-bond acceptors (Lipinski definition) is 1. The monoisotopic (exact) mass is 432 g/mol. The van der Waals surface area contributed by atoms with Crippen LogP contribution < -0.4 is 21.7 Å². The Morgan fingerprint density at radius 2 is 1.42 bits per heavy atom. The predicted molar refractivity (Wildman–Crippen MR) is 122 cm³/mol. The maximum Gasteiger partial charge on any atom is 0.249 e. The number of rotatable bonds is 5. The summed E-state index contributed by atoms with van der Waals surface area (Å²) in [6, 6.07) is 22.7. The van der Waals surface area contributed by atoms with E-state index in [1.54, 1.807) is 0 Å². The van der Waals surface area contributed by atoms with Crippen molar-refractivity contribution in [2.45, 2.75) is 41.2 Å². The third-order valence-corrected chi connectivity index (χ3v) is 5.84. The minimum atomic E-state index is 0. The van der Waals surface area contributed by atoms with Gasteiger partial charge in [-0.15, -0.1) is 0 Å². The molecule has 3 nitrogen and oxygen atoms in total. The van der Waals surface area contributed by atoms with Crippen LogP contribution in [0.5, 0.6) is 11.5 Å². The molecule has 0 saturated carbocycles. The number of imidazole rings is 1. The van der Waals surface area contributed by atoms with Crippen molar-refractivity contribution in [3.8, 4) is 17.2 Å². The van der Waals surface area contributed by atoms with Crippen LogP contribution in [0.3, 0.4) is 0 Å². The van der Waals surface area contributed by atoms with E-state index in [0.29, 0.717) is 0 Å². The zero-order valence-electron chi connectivity index (χ0n) is 18.8. The minimum absolute atomic E-state index is 0. The Labute approximate surface area is 191 Å². The van der Waals surface area contributed by atoms with Gasteiger partial charge in [0, 0.05) is 13.8 Å². The molecule has 0 N–H and O–H groups in total. The fourth-order valence-corrected chi connectivity index (χ4v) is 4.08. The van der Waals surface area contributed by atoms with Crippen LogP contribution in [0.1, 0.15) is 33.6 Å². The van der Waals surface area contributed by atoms with E-state index in [2.05, 4.69) is 74.3 Å². The van der Waals surface area contributed by atoms with Gasteiger partial charge in [0.15, 0.2) is 11.4 Å². The molecular formula is C27H29ClN2O. The van der Waals surface area contributed by atoms with Crippen LogP contribution in [-0.4, -0.2) is 4.57 Å². The quantitative estimate of drug-likeness (QED) is 0.443. The van der Waals surface area contributed by atoms with Crippen molar-refractivity contribution in [3.05, 3.63) is 107 Å². The van der Waals surface area contributed by atoms with Gasteiger partial charge in [-0.25, -0.2) is 4.57 Å². The maximum atomic E-state index is 6.21. The molecule has 4 rings (SSSR count). The van der Waals surface area contributed by atoms with E-state index in [9.17, 15) is 0 Å². The summed E-state index contributed by atoms with van der Waals surface area (Å²) in [6.45, 7) is 11.8. The van der Waals surface area contributed by atoms with Crippen molar-refractivity contribution in [2.75, 3.05) is 0 Å². The van der Waals surface area contributed by atoms with E-state index >= 15 is 0 Å². The number of nitrogens with zero attached hydrogens (tertiary/aromatic N) is 2. The number of ether oxygens (including phenoxy) is 1. The van der Waals surface area contributed by atoms with Crippen LogP contribution in [0.25, 0.3) is 5.69 Å². The molecule has 0 fully saturated rings. The van der Waals surface area contributed by atoms with Gasteiger partial charge in [-0.2, -0.15) is 4.57 Å². The summed E-state index contributed by atoms with van der Waals surface area (Å²) in [5, 5.41) is 0. The van der Waals surface area contributed by atoms with Crippen LogP contribution in [0.4, 0.5) is 0 Å². The molecule has 0 atom stereocenters. The molecule has 4 heteroatoms. The molecule has 1 heterocycles. The zero-order chi connectivity index (χ0) is 21.3. The van der Waals surface area contributed by atoms with E-state index in [-0.39, 0.29) is 12.4 Å². The van der Waals surface area contributed by atoms with Gasteiger partial charge in [0.05, 0.1) is 0 Å². The van der Waals surface area contributed by atoms with Crippen LogP contribution in [-0.2, 0) is 6.54 Å². The molecule has 0 spiro atoms. The van der Waals surface area contributed by atoms with Gasteiger partial charge in [0.25, 0.3) is 0 Å². The third kappa shape index (κ3) is 4.67. The molecule has 0 radical (unpaired) electrons. The smallest absolute Gasteiger partial charge is 0.249 e. The van der Waals surface area contributed by atoms with Crippen LogP contribution >= 0.6 is 0 Å². The Kier molecular flexibility index (Phi) is 6.87. The molecule has 1 aromatic heterocycles. The lowest BCUT2D eigenvalue weighted by Crippen LogP contribution is -3.00. The Morgan fingerprint density at radius 3 is 2.10 bits per heavy atom. The van der Waals surface area contributed by atoms with Crippen molar-refractivity contribution < 1.29 is 21.7 Å². The van der Waals surface area contributed by atoms with Crippen molar-refractivity contribution in [1.82, 2.24) is 4.57 Å². The lowest BCUT2D eigenvalue weighted by atomic mass is 10.00. The SMILES string of the molecule is Cc1cc(C)c(C[n+]2cn(-c3ccccc3Oc3ccccc3)c(C)c2C)c(C)c1.[Cl-]. The molecule has 31 heavy (non-hydrogen) atoms. The highest BCUT2D eigenvalue weighted by molar-refractivity contribution is 5.49. The van der Waals surface area contributed by atoms with Crippen molar-refractivity contribution >= 4 is 0 Å². The van der Waals surface area contributed by atoms with Gasteiger partial charge in [-0.05, 0) is 61.7 Å². The van der Waals surface area contributed by atoms with E-state index in [1.807, 2.05) is 42.5 Å². The van der Waals surface area contributed by atoms with Gasteiger partial charge < -0.3 is 17.1 Å². The molecular weight excluding hydrogens is 404 g/mol. The minimum Gasteiger partial charge on any atom is -1.00 e. The van der Waals surface area contributed by atoms with Crippen LogP contribution in [0.2, 0.25) is 0 Å². The number of aryl methyl sites for hydroxylation is 3. The molecule has 160 valence electrons. The van der Waals surface area contributed by atoms with Gasteiger partial charge in [0.2, 0.25) is 6.33 Å². The lowest BCUT2D eigenvalue weighted by molar-refractivity contribution is -0.693. The summed E-state index contributed by atoms with van der Waals surface area (Å²) < 4.78 is 10.8. The van der Waals surface area contributed by atoms with E-state index in [4.69, 9.17) is 4.74 Å². The van der Waals surface area contributed by atoms with Crippen molar-refractivity contribution in [3.63, 3.8) is 0 Å². The summed E-state index contributed by atoms with van der Waals surface area (Å²) in [5.74, 6) is 1.68. The molecule has 4 aromatic rings. The second kappa shape index (κ2) is 9.40. The average molecular weight is 433 g/mol. The summed E-state index contributed by atoms with van der Waals surface area (Å²) in [5.41, 5.74) is 8.90. The summed E-state index contributed by atoms with van der Waals surface area (Å²) in [6.07, 6.45) is 2.19. The largest absolute Gasteiger partial charge is 1.00 e. The van der Waals surface area contributed by atoms with Crippen molar-refractivity contribution in [1.29, 1.82) is 0 Å². The highest BCUT2D eigenvalue weighted by atomic mass is 35.5. The normalized spacial score (nSPS) is 10.6. The Balaban J connectivity index is 0.00000272. The topological polar surface area (TPSA) is 18.0 Å². The molecule has 0 saturated heterocycles. The number of halogens is 1. The second-order valence-corrected chi connectivity index (χ2v) is 8.04. The number of aromatic nitrogens is 2. The fourth-order valence-electron chi connectivity index (χ4n) is 4.08. The second-order valence-electron chi connectivity index (χ2n) is 8.04. The van der Waals surface area contributed by atoms with E-state index < -0.39 is 0 Å². The fraction of sp³-hybridized carbons (Fsp3) is 0.222. The van der Waals surface area contributed by atoms with E-state index in [0.717, 1.165) is 23.7 Å². The first-order chi connectivity index (χ1) is 14.4. The number of hydrogen-bond donors (Lipinski definition) is 0. The van der Waals surface area contributed by atoms with Gasteiger partial charge in [-0.3, -0.25) is 0 Å². The van der Waals surface area contributed by atoms with Crippen LogP contribution in [0, 0.1) is 34.6 Å². The lowest BCUT2D eigenvalue weighted by Gasteiger charge is -2.10. The number of para-hydroxylation sites is 3. The summed E-state index contributed by atoms with van der Waals surface area (Å²) in [7, 11) is 0. The first-order valence-corrected chi connectivity index (χ1v) is 10.4. The molecule has 3 aromatic carbocycles. The third-order valence-electron chi connectivity index (χ3n) is 5.84. The van der Waals surface area contributed by atoms with Gasteiger partial charge in [0.1, 0.15) is 23.7 Å². The Hall–Kier alpha value is -3.04. The highest BCUT2D eigenvalue weighted by Gasteiger charge is 2.22. The molecule has 0 bridgehead atoms. The van der Waals surface area contributed by atoms with Gasteiger partial charge >= 0.3 is 0 Å². The predicted octanol–water partition coefficient (Wildman–Crippen LogP) is 3.15. The van der Waals surface area contributed by atoms with E-state index in [1.165, 1.54) is 33.6 Å². The van der Waals surface area contributed by atoms with Crippen molar-refractivity contribution in [2.24, 2.45) is 0 Å². The Bertz CT molecular complexity index is 1170. The first kappa shape index (κ1) is 22.6. The summed E-state index contributed by atoms with van der Waals surface area (Å²) in [4.78, 5) is 0. The average Bonchev–Trinajstić information content (AvgIpc) is 3.00. The zero-order valence-corrected chi connectivity index (χ0v) is 19.6.